The summed E-state index contributed by atoms with van der Waals surface area (Å²) in [5.41, 5.74) is 19.4. The molecule has 5 aromatic carbocycles. The summed E-state index contributed by atoms with van der Waals surface area (Å²) in [7, 11) is 0. The predicted octanol–water partition coefficient (Wildman–Crippen LogP) is 7.38. The van der Waals surface area contributed by atoms with Crippen LogP contribution in [0.5, 0.6) is 5.75 Å². The monoisotopic (exact) mass is 652 g/mol. The normalized spacial score (nSPS) is 16.6. The van der Waals surface area contributed by atoms with Crippen LogP contribution in [0.15, 0.2) is 144 Å². The second-order valence-electron chi connectivity index (χ2n) is 11.6. The third-order valence-electron chi connectivity index (χ3n) is 8.29. The molecule has 0 fully saturated rings. The number of rotatable bonds is 14. The van der Waals surface area contributed by atoms with E-state index in [1.807, 2.05) is 109 Å². The highest BCUT2D eigenvalue weighted by atomic mass is 16.5. The Labute approximate surface area is 284 Å². The van der Waals surface area contributed by atoms with Gasteiger partial charge in [-0.1, -0.05) is 114 Å². The first-order valence-corrected chi connectivity index (χ1v) is 16.1. The highest BCUT2D eigenvalue weighted by molar-refractivity contribution is 6.01. The smallest absolute Gasteiger partial charge is 0.266 e. The van der Waals surface area contributed by atoms with Gasteiger partial charge in [-0.3, -0.25) is 10.2 Å². The van der Waals surface area contributed by atoms with Crippen molar-refractivity contribution >= 4 is 17.5 Å². The first kappa shape index (κ1) is 33.0. The molecule has 0 saturated carbocycles. The molecule has 0 bridgehead atoms. The number of aliphatic hydroxyl groups is 1. The highest BCUT2D eigenvalue weighted by Gasteiger charge is 2.53. The van der Waals surface area contributed by atoms with Crippen LogP contribution in [0.3, 0.4) is 0 Å². The fourth-order valence-corrected chi connectivity index (χ4v) is 5.79. The van der Waals surface area contributed by atoms with E-state index in [1.165, 1.54) is 0 Å². The Bertz CT molecular complexity index is 1930. The van der Waals surface area contributed by atoms with E-state index in [2.05, 4.69) is 20.9 Å². The summed E-state index contributed by atoms with van der Waals surface area (Å²) >= 11 is 0. The van der Waals surface area contributed by atoms with Gasteiger partial charge in [0.25, 0.3) is 5.91 Å². The summed E-state index contributed by atoms with van der Waals surface area (Å²) in [5, 5.41) is 13.0. The van der Waals surface area contributed by atoms with Crippen molar-refractivity contribution in [3.63, 3.8) is 0 Å². The first-order chi connectivity index (χ1) is 24.1. The van der Waals surface area contributed by atoms with Crippen molar-refractivity contribution < 1.29 is 19.4 Å². The number of benzene rings is 5. The highest BCUT2D eigenvalue weighted by Crippen LogP contribution is 2.44. The van der Waals surface area contributed by atoms with E-state index in [4.69, 9.17) is 19.6 Å². The molecule has 1 aliphatic rings. The number of hydrazine groups is 1. The zero-order valence-electron chi connectivity index (χ0n) is 26.8. The summed E-state index contributed by atoms with van der Waals surface area (Å²) in [6, 6.07) is 42.2. The van der Waals surface area contributed by atoms with Gasteiger partial charge in [-0.15, -0.1) is 0 Å². The molecular formula is C39H36N6O4. The van der Waals surface area contributed by atoms with Crippen molar-refractivity contribution in [3.8, 4) is 16.9 Å². The van der Waals surface area contributed by atoms with Crippen LogP contribution in [0.25, 0.3) is 21.6 Å². The number of aliphatic hydroxyl groups excluding tert-OH is 1. The van der Waals surface area contributed by atoms with Crippen LogP contribution in [-0.2, 0) is 22.5 Å². The molecule has 0 aliphatic carbocycles. The van der Waals surface area contributed by atoms with Gasteiger partial charge in [0.05, 0.1) is 6.61 Å². The Kier molecular flexibility index (Phi) is 10.6. The second-order valence-corrected chi connectivity index (χ2v) is 11.6. The van der Waals surface area contributed by atoms with E-state index >= 15 is 0 Å². The van der Waals surface area contributed by atoms with Crippen molar-refractivity contribution in [2.24, 2.45) is 10.1 Å². The van der Waals surface area contributed by atoms with Gasteiger partial charge in [0.1, 0.15) is 5.75 Å². The fourth-order valence-electron chi connectivity index (χ4n) is 5.79. The average Bonchev–Trinajstić information content (AvgIpc) is 3.54. The summed E-state index contributed by atoms with van der Waals surface area (Å²) < 4.78 is 12.4. The van der Waals surface area contributed by atoms with Gasteiger partial charge in [-0.05, 0) is 57.6 Å². The zero-order chi connectivity index (χ0) is 33.9. The molecule has 1 amide bonds. The lowest BCUT2D eigenvalue weighted by Gasteiger charge is -2.31. The minimum Gasteiger partial charge on any atom is -0.494 e. The molecule has 0 spiro atoms. The van der Waals surface area contributed by atoms with Gasteiger partial charge in [-0.25, -0.2) is 10.4 Å². The van der Waals surface area contributed by atoms with Gasteiger partial charge in [-0.2, -0.15) is 0 Å². The zero-order valence-corrected chi connectivity index (χ0v) is 26.8. The molecule has 246 valence electrons. The molecule has 6 rings (SSSR count). The molecule has 5 aromatic rings. The number of nitrogens with zero attached hydrogens (tertiary/aromatic N) is 4. The largest absolute Gasteiger partial charge is 0.494 e. The number of ether oxygens (including phenoxy) is 2. The van der Waals surface area contributed by atoms with Gasteiger partial charge in [0.15, 0.2) is 11.6 Å². The Balaban J connectivity index is 1.41. The van der Waals surface area contributed by atoms with Crippen LogP contribution in [0.2, 0.25) is 0 Å². The molecule has 0 unspecified atom stereocenters. The molecule has 10 nitrogen and oxygen atoms in total. The Morgan fingerprint density at radius 2 is 1.51 bits per heavy atom. The molecule has 3 N–H and O–H groups in total. The Morgan fingerprint density at radius 3 is 2.22 bits per heavy atom. The second kappa shape index (κ2) is 15.8. The Hall–Kier alpha value is -5.93. The molecular weight excluding hydrogens is 616 g/mol. The van der Waals surface area contributed by atoms with Crippen molar-refractivity contribution in [2.75, 3.05) is 13.2 Å². The topological polar surface area (TPSA) is 141 Å². The maximum absolute atomic E-state index is 14.6. The van der Waals surface area contributed by atoms with Crippen molar-refractivity contribution in [1.29, 1.82) is 0 Å². The minimum atomic E-state index is -1.51. The molecule has 1 heterocycles. The van der Waals surface area contributed by atoms with E-state index < -0.39 is 17.6 Å². The predicted molar refractivity (Wildman–Crippen MR) is 189 cm³/mol. The average molecular weight is 653 g/mol. The van der Waals surface area contributed by atoms with Crippen LogP contribution in [-0.4, -0.2) is 35.7 Å². The standard InChI is InChI=1S/C39H36N6O4/c40-45-43-35-15-8-7-14-33(35)26-39(38(47)44-41-27-28-10-3-1-4-11-28)36(31-18-16-30(17-19-31)29-12-5-2-6-13-29)49-37(42-39)32-20-22-34(23-21-32)48-25-9-24-46/h1-8,10-23,36,41,46H,9,24-27H2,(H,44,47)/t36-,39-/m0/s1. The van der Waals surface area contributed by atoms with Crippen LogP contribution >= 0.6 is 0 Å². The summed E-state index contributed by atoms with van der Waals surface area (Å²) in [6.45, 7) is 0.825. The van der Waals surface area contributed by atoms with Crippen molar-refractivity contribution in [3.05, 3.63) is 166 Å². The number of carbonyl (C=O) groups excluding carboxylic acids is 1. The molecule has 0 saturated heterocycles. The molecule has 0 radical (unpaired) electrons. The molecule has 49 heavy (non-hydrogen) atoms. The molecule has 2 atom stereocenters. The number of azide groups is 1. The first-order valence-electron chi connectivity index (χ1n) is 16.1. The quantitative estimate of drug-likeness (QED) is 0.0378. The molecule has 0 aromatic heterocycles. The summed E-state index contributed by atoms with van der Waals surface area (Å²) in [4.78, 5) is 22.7. The van der Waals surface area contributed by atoms with Crippen LogP contribution in [0.4, 0.5) is 5.69 Å². The van der Waals surface area contributed by atoms with Crippen LogP contribution < -0.4 is 15.6 Å². The third kappa shape index (κ3) is 7.80. The van der Waals surface area contributed by atoms with Gasteiger partial charge in [0, 0.05) is 42.2 Å². The van der Waals surface area contributed by atoms with E-state index in [0.717, 1.165) is 22.3 Å². The lowest BCUT2D eigenvalue weighted by atomic mass is 9.81. The number of hydrogen-bond donors (Lipinski definition) is 3. The van der Waals surface area contributed by atoms with E-state index in [1.54, 1.807) is 24.3 Å². The van der Waals surface area contributed by atoms with Gasteiger partial charge < -0.3 is 14.6 Å². The van der Waals surface area contributed by atoms with E-state index in [0.29, 0.717) is 48.0 Å². The molecule has 1 aliphatic heterocycles. The van der Waals surface area contributed by atoms with Crippen molar-refractivity contribution in [2.45, 2.75) is 31.0 Å². The van der Waals surface area contributed by atoms with E-state index in [9.17, 15) is 10.3 Å². The number of hydrogen-bond acceptors (Lipinski definition) is 7. The number of amides is 1. The maximum atomic E-state index is 14.6. The number of carbonyl (C=O) groups is 1. The van der Waals surface area contributed by atoms with Gasteiger partial charge in [0.2, 0.25) is 5.90 Å². The van der Waals surface area contributed by atoms with Gasteiger partial charge >= 0.3 is 0 Å². The van der Waals surface area contributed by atoms with Crippen molar-refractivity contribution in [1.82, 2.24) is 10.9 Å². The lowest BCUT2D eigenvalue weighted by molar-refractivity contribution is -0.130. The number of nitrogens with one attached hydrogen (secondary N) is 2. The third-order valence-corrected chi connectivity index (χ3v) is 8.29. The minimum absolute atomic E-state index is 0.0452. The Morgan fingerprint density at radius 1 is 0.857 bits per heavy atom. The van der Waals surface area contributed by atoms with E-state index in [-0.39, 0.29) is 13.0 Å². The SMILES string of the molecule is [N-]=[N+]=Nc1ccccc1C[C@]1(C(=O)NNCc2ccccc2)N=C(c2ccc(OCCCO)cc2)O[C@H]1c1ccc(-c2ccccc2)cc1. The van der Waals surface area contributed by atoms with Crippen LogP contribution in [0.1, 0.15) is 34.8 Å². The lowest BCUT2D eigenvalue weighted by Crippen LogP contribution is -2.53. The summed E-state index contributed by atoms with van der Waals surface area (Å²) in [6.07, 6.45) is -0.237. The maximum Gasteiger partial charge on any atom is 0.266 e. The molecule has 10 heteroatoms. The van der Waals surface area contributed by atoms with Crippen LogP contribution in [0, 0.1) is 0 Å². The summed E-state index contributed by atoms with van der Waals surface area (Å²) in [5.74, 6) is 0.523. The number of aliphatic imine (C=N–C) groups is 1. The fraction of sp³-hybridized carbons (Fsp3) is 0.179.